The number of aromatic nitrogens is 1. The number of nitrogens with zero attached hydrogens (tertiary/aromatic N) is 1. The highest BCUT2D eigenvalue weighted by molar-refractivity contribution is 5.95. The summed E-state index contributed by atoms with van der Waals surface area (Å²) in [5.41, 5.74) is 1.93. The second-order valence-electron chi connectivity index (χ2n) is 6.79. The lowest BCUT2D eigenvalue weighted by Gasteiger charge is -2.26. The van der Waals surface area contributed by atoms with Crippen LogP contribution in [0.4, 0.5) is 4.39 Å². The summed E-state index contributed by atoms with van der Waals surface area (Å²) in [6.45, 7) is 4.94. The van der Waals surface area contributed by atoms with E-state index < -0.39 is 0 Å². The molecule has 0 saturated carbocycles. The number of hydrogen-bond donors (Lipinski definition) is 1. The van der Waals surface area contributed by atoms with E-state index in [2.05, 4.69) is 4.98 Å². The Morgan fingerprint density at radius 3 is 2.65 bits per heavy atom. The van der Waals surface area contributed by atoms with Crippen LogP contribution in [0, 0.1) is 19.7 Å². The number of aryl methyl sites for hydroxylation is 2. The first-order chi connectivity index (χ1) is 12.4. The number of amides is 1. The van der Waals surface area contributed by atoms with Crippen molar-refractivity contribution >= 4 is 5.91 Å². The third kappa shape index (κ3) is 4.19. The van der Waals surface area contributed by atoms with Crippen molar-refractivity contribution in [2.24, 2.45) is 0 Å². The fraction of sp³-hybridized carbons (Fsp3) is 0.400. The van der Waals surface area contributed by atoms with Crippen molar-refractivity contribution < 1.29 is 13.9 Å². The van der Waals surface area contributed by atoms with Gasteiger partial charge in [0.2, 0.25) is 0 Å². The Hall–Kier alpha value is -2.47. The Bertz CT molecular complexity index is 839. The molecule has 1 fully saturated rings. The molecular weight excluding hydrogens is 335 g/mol. The fourth-order valence-electron chi connectivity index (χ4n) is 3.34. The van der Waals surface area contributed by atoms with E-state index in [0.29, 0.717) is 31.0 Å². The summed E-state index contributed by atoms with van der Waals surface area (Å²) in [5.74, 6) is -0.653. The highest BCUT2D eigenvalue weighted by Crippen LogP contribution is 2.18. The van der Waals surface area contributed by atoms with Gasteiger partial charge in [-0.15, -0.1) is 0 Å². The first-order valence-electron chi connectivity index (χ1n) is 8.80. The van der Waals surface area contributed by atoms with Crippen LogP contribution in [-0.2, 0) is 11.3 Å². The van der Waals surface area contributed by atoms with Crippen molar-refractivity contribution in [1.29, 1.82) is 0 Å². The summed E-state index contributed by atoms with van der Waals surface area (Å²) in [6.07, 6.45) is 1.81. The summed E-state index contributed by atoms with van der Waals surface area (Å²) in [6, 6.07) is 7.83. The van der Waals surface area contributed by atoms with E-state index in [1.54, 1.807) is 36.9 Å². The van der Waals surface area contributed by atoms with E-state index in [4.69, 9.17) is 4.74 Å². The van der Waals surface area contributed by atoms with Gasteiger partial charge in [0.25, 0.3) is 11.5 Å². The van der Waals surface area contributed by atoms with Crippen LogP contribution in [0.15, 0.2) is 35.1 Å². The number of carbonyl (C=O) groups is 1. The minimum absolute atomic E-state index is 0.0377. The molecule has 0 bridgehead atoms. The van der Waals surface area contributed by atoms with E-state index in [1.807, 2.05) is 0 Å². The summed E-state index contributed by atoms with van der Waals surface area (Å²) in [7, 11) is 0. The van der Waals surface area contributed by atoms with Gasteiger partial charge in [-0.05, 0) is 56.0 Å². The molecule has 0 radical (unpaired) electrons. The van der Waals surface area contributed by atoms with E-state index in [0.717, 1.165) is 18.4 Å². The number of H-pyrrole nitrogens is 1. The normalized spacial score (nSPS) is 16.7. The van der Waals surface area contributed by atoms with Crippen LogP contribution in [0.3, 0.4) is 0 Å². The summed E-state index contributed by atoms with van der Waals surface area (Å²) >= 11 is 0. The first-order valence-corrected chi connectivity index (χ1v) is 8.80. The molecule has 1 aliphatic rings. The molecule has 5 nitrogen and oxygen atoms in total. The van der Waals surface area contributed by atoms with Crippen LogP contribution < -0.4 is 5.56 Å². The fourth-order valence-corrected chi connectivity index (χ4v) is 3.34. The van der Waals surface area contributed by atoms with E-state index in [1.165, 1.54) is 12.1 Å². The molecular formula is C20H23FN2O3. The lowest BCUT2D eigenvalue weighted by atomic mass is 10.1. The van der Waals surface area contributed by atoms with Gasteiger partial charge in [0.15, 0.2) is 0 Å². The Balaban J connectivity index is 1.89. The predicted octanol–water partition coefficient (Wildman–Crippen LogP) is 2.95. The number of ether oxygens (including phenoxy) is 1. The van der Waals surface area contributed by atoms with E-state index in [-0.39, 0.29) is 29.0 Å². The maximum atomic E-state index is 13.2. The van der Waals surface area contributed by atoms with Crippen molar-refractivity contribution in [3.63, 3.8) is 0 Å². The molecule has 26 heavy (non-hydrogen) atoms. The van der Waals surface area contributed by atoms with Crippen molar-refractivity contribution in [3.8, 4) is 0 Å². The van der Waals surface area contributed by atoms with Crippen LogP contribution in [0.5, 0.6) is 0 Å². The minimum atomic E-state index is -0.385. The molecule has 3 rings (SSSR count). The average molecular weight is 358 g/mol. The highest BCUT2D eigenvalue weighted by atomic mass is 19.1. The summed E-state index contributed by atoms with van der Waals surface area (Å²) < 4.78 is 18.8. The lowest BCUT2D eigenvalue weighted by molar-refractivity contribution is 0.0505. The standard InChI is InChI=1S/C20H23FN2O3/c1-13-10-14(2)22-19(24)18(13)20(25)23(12-17-4-3-9-26-17)11-15-5-7-16(21)8-6-15/h5-8,10,17H,3-4,9,11-12H2,1-2H3,(H,22,24)/t17-/m1/s1. The average Bonchev–Trinajstić information content (AvgIpc) is 3.08. The van der Waals surface area contributed by atoms with Crippen LogP contribution in [0.2, 0.25) is 0 Å². The molecule has 2 aromatic rings. The van der Waals surface area contributed by atoms with Gasteiger partial charge in [0.05, 0.1) is 6.10 Å². The minimum Gasteiger partial charge on any atom is -0.376 e. The molecule has 2 heterocycles. The number of halogens is 1. The molecule has 138 valence electrons. The quantitative estimate of drug-likeness (QED) is 0.894. The number of hydrogen-bond acceptors (Lipinski definition) is 3. The number of aromatic amines is 1. The number of rotatable bonds is 5. The van der Waals surface area contributed by atoms with Crippen LogP contribution >= 0.6 is 0 Å². The molecule has 0 aliphatic carbocycles. The van der Waals surface area contributed by atoms with E-state index >= 15 is 0 Å². The Labute approximate surface area is 151 Å². The largest absolute Gasteiger partial charge is 0.376 e. The van der Waals surface area contributed by atoms with Crippen molar-refractivity contribution in [1.82, 2.24) is 9.88 Å². The first kappa shape index (κ1) is 18.3. The molecule has 1 amide bonds. The molecule has 6 heteroatoms. The van der Waals surface area contributed by atoms with Crippen LogP contribution in [0.1, 0.15) is 40.0 Å². The SMILES string of the molecule is Cc1cc(C)c(C(=O)N(Cc2ccc(F)cc2)C[C@H]2CCCO2)c(=O)[nH]1. The van der Waals surface area contributed by atoms with Crippen LogP contribution in [-0.4, -0.2) is 35.0 Å². The van der Waals surface area contributed by atoms with Crippen molar-refractivity contribution in [2.75, 3.05) is 13.2 Å². The van der Waals surface area contributed by atoms with Gasteiger partial charge in [-0.3, -0.25) is 9.59 Å². The zero-order valence-corrected chi connectivity index (χ0v) is 15.0. The van der Waals surface area contributed by atoms with Crippen molar-refractivity contribution in [3.05, 3.63) is 68.9 Å². The Morgan fingerprint density at radius 2 is 2.04 bits per heavy atom. The second-order valence-corrected chi connectivity index (χ2v) is 6.79. The van der Waals surface area contributed by atoms with Gasteiger partial charge in [0.1, 0.15) is 11.4 Å². The monoisotopic (exact) mass is 358 g/mol. The predicted molar refractivity (Wildman–Crippen MR) is 96.7 cm³/mol. The van der Waals surface area contributed by atoms with E-state index in [9.17, 15) is 14.0 Å². The third-order valence-electron chi connectivity index (χ3n) is 4.60. The third-order valence-corrected chi connectivity index (χ3v) is 4.60. The molecule has 0 unspecified atom stereocenters. The van der Waals surface area contributed by atoms with Crippen LogP contribution in [0.25, 0.3) is 0 Å². The smallest absolute Gasteiger partial charge is 0.261 e. The molecule has 0 spiro atoms. The molecule has 1 aromatic carbocycles. The molecule has 1 aliphatic heterocycles. The van der Waals surface area contributed by atoms with Crippen molar-refractivity contribution in [2.45, 2.75) is 39.3 Å². The Kier molecular flexibility index (Phi) is 5.52. The maximum Gasteiger partial charge on any atom is 0.261 e. The summed E-state index contributed by atoms with van der Waals surface area (Å²) in [4.78, 5) is 29.8. The number of carbonyl (C=O) groups excluding carboxylic acids is 1. The molecule has 1 aromatic heterocycles. The number of nitrogens with one attached hydrogen (secondary N) is 1. The molecule has 1 atom stereocenters. The van der Waals surface area contributed by atoms with Gasteiger partial charge in [-0.25, -0.2) is 4.39 Å². The maximum absolute atomic E-state index is 13.2. The van der Waals surface area contributed by atoms with Gasteiger partial charge >= 0.3 is 0 Å². The molecule has 1 saturated heterocycles. The highest BCUT2D eigenvalue weighted by Gasteiger charge is 2.26. The second kappa shape index (κ2) is 7.83. The van der Waals surface area contributed by atoms with Gasteiger partial charge in [-0.1, -0.05) is 12.1 Å². The topological polar surface area (TPSA) is 62.4 Å². The van der Waals surface area contributed by atoms with Gasteiger partial charge in [0, 0.05) is 25.4 Å². The zero-order chi connectivity index (χ0) is 18.7. The lowest BCUT2D eigenvalue weighted by Crippen LogP contribution is -2.40. The number of pyridine rings is 1. The Morgan fingerprint density at radius 1 is 1.31 bits per heavy atom. The van der Waals surface area contributed by atoms with Gasteiger partial charge < -0.3 is 14.6 Å². The zero-order valence-electron chi connectivity index (χ0n) is 15.0. The summed E-state index contributed by atoms with van der Waals surface area (Å²) in [5, 5.41) is 0. The molecule has 1 N–H and O–H groups in total. The van der Waals surface area contributed by atoms with Gasteiger partial charge in [-0.2, -0.15) is 0 Å². The number of benzene rings is 1.